The van der Waals surface area contributed by atoms with Gasteiger partial charge in [-0.05, 0) is 48.9 Å². The van der Waals surface area contributed by atoms with E-state index in [1.54, 1.807) is 0 Å². The van der Waals surface area contributed by atoms with Crippen molar-refractivity contribution in [3.63, 3.8) is 0 Å². The Labute approximate surface area is 130 Å². The summed E-state index contributed by atoms with van der Waals surface area (Å²) >= 11 is 0. The molecule has 4 rings (SSSR count). The van der Waals surface area contributed by atoms with E-state index in [9.17, 15) is 5.11 Å². The molecule has 0 radical (unpaired) electrons. The van der Waals surface area contributed by atoms with Crippen molar-refractivity contribution in [1.29, 1.82) is 0 Å². The van der Waals surface area contributed by atoms with E-state index in [0.29, 0.717) is 5.92 Å². The van der Waals surface area contributed by atoms with E-state index < -0.39 is 0 Å². The number of aromatic nitrogens is 3. The minimum absolute atomic E-state index is 0.368. The first-order chi connectivity index (χ1) is 10.8. The number of fused-ring (bicyclic) bond motifs is 1. The van der Waals surface area contributed by atoms with Gasteiger partial charge >= 0.3 is 0 Å². The summed E-state index contributed by atoms with van der Waals surface area (Å²) in [6.45, 7) is 3.85. The van der Waals surface area contributed by atoms with Crippen molar-refractivity contribution >= 4 is 0 Å². The summed E-state index contributed by atoms with van der Waals surface area (Å²) in [6, 6.07) is 6.25. The number of hydrogen-bond donors (Lipinski definition) is 1. The molecule has 0 amide bonds. The average molecular weight is 298 g/mol. The highest BCUT2D eigenvalue weighted by molar-refractivity contribution is 5.16. The smallest absolute Gasteiger partial charge is 0.101 e. The van der Waals surface area contributed by atoms with Gasteiger partial charge in [0.1, 0.15) is 6.10 Å². The zero-order valence-electron chi connectivity index (χ0n) is 12.7. The van der Waals surface area contributed by atoms with E-state index in [-0.39, 0.29) is 6.10 Å². The molecule has 1 aliphatic heterocycles. The minimum Gasteiger partial charge on any atom is -0.386 e. The van der Waals surface area contributed by atoms with Crippen molar-refractivity contribution in [3.05, 3.63) is 47.5 Å². The molecular formula is C17H22N4O. The van der Waals surface area contributed by atoms with E-state index in [0.717, 1.165) is 51.1 Å². The third-order valence-corrected chi connectivity index (χ3v) is 4.64. The Bertz CT molecular complexity index is 635. The molecule has 3 heterocycles. The molecular weight excluding hydrogens is 276 g/mol. The van der Waals surface area contributed by atoms with Gasteiger partial charge in [0.05, 0.1) is 11.4 Å². The van der Waals surface area contributed by atoms with Crippen LogP contribution in [0.4, 0.5) is 0 Å². The van der Waals surface area contributed by atoms with Crippen molar-refractivity contribution < 1.29 is 5.11 Å². The molecule has 1 N–H and O–H groups in total. The zero-order chi connectivity index (χ0) is 14.9. The summed E-state index contributed by atoms with van der Waals surface area (Å²) in [6.07, 6.45) is 6.70. The van der Waals surface area contributed by atoms with Crippen LogP contribution in [0.15, 0.2) is 30.6 Å². The van der Waals surface area contributed by atoms with Crippen molar-refractivity contribution in [3.8, 4) is 0 Å². The maximum absolute atomic E-state index is 10.3. The van der Waals surface area contributed by atoms with Crippen molar-refractivity contribution in [2.45, 2.75) is 45.0 Å². The van der Waals surface area contributed by atoms with Crippen LogP contribution >= 0.6 is 0 Å². The standard InChI is InChI=1S/C17H22N4O/c22-17(14-2-3-14)16-10-15-12-20(8-1-9-21(15)19-16)11-13-4-6-18-7-5-13/h4-7,10,14,17,22H,1-3,8-9,11-12H2/t17-/m1/s1. The summed E-state index contributed by atoms with van der Waals surface area (Å²) in [5.74, 6) is 0.437. The molecule has 2 aromatic rings. The molecule has 5 nitrogen and oxygen atoms in total. The molecule has 0 saturated heterocycles. The Morgan fingerprint density at radius 3 is 2.82 bits per heavy atom. The predicted octanol–water partition coefficient (Wildman–Crippen LogP) is 2.13. The lowest BCUT2D eigenvalue weighted by atomic mass is 10.1. The Morgan fingerprint density at radius 2 is 2.05 bits per heavy atom. The number of rotatable bonds is 4. The fourth-order valence-electron chi connectivity index (χ4n) is 3.23. The van der Waals surface area contributed by atoms with Crippen LogP contribution in [0.25, 0.3) is 0 Å². The lowest BCUT2D eigenvalue weighted by Crippen LogP contribution is -2.22. The van der Waals surface area contributed by atoms with Crippen LogP contribution in [0.3, 0.4) is 0 Å². The molecule has 22 heavy (non-hydrogen) atoms. The topological polar surface area (TPSA) is 54.2 Å². The SMILES string of the molecule is O[C@@H](c1cc2n(n1)CCCN(Cc1ccncc1)C2)C1CC1. The lowest BCUT2D eigenvalue weighted by molar-refractivity contribution is 0.148. The van der Waals surface area contributed by atoms with E-state index in [4.69, 9.17) is 0 Å². The van der Waals surface area contributed by atoms with Gasteiger partial charge < -0.3 is 5.11 Å². The van der Waals surface area contributed by atoms with Gasteiger partial charge in [-0.1, -0.05) is 0 Å². The van der Waals surface area contributed by atoms with Crippen molar-refractivity contribution in [2.75, 3.05) is 6.54 Å². The third kappa shape index (κ3) is 2.91. The van der Waals surface area contributed by atoms with Crippen LogP contribution in [0.1, 0.15) is 42.3 Å². The van der Waals surface area contributed by atoms with Gasteiger partial charge in [0.15, 0.2) is 0 Å². The van der Waals surface area contributed by atoms with Crippen LogP contribution < -0.4 is 0 Å². The van der Waals surface area contributed by atoms with Crippen molar-refractivity contribution in [1.82, 2.24) is 19.7 Å². The second-order valence-electron chi connectivity index (χ2n) is 6.49. The predicted molar refractivity (Wildman–Crippen MR) is 82.9 cm³/mol. The number of aliphatic hydroxyl groups is 1. The normalized spacial score (nSPS) is 20.4. The van der Waals surface area contributed by atoms with Gasteiger partial charge in [-0.15, -0.1) is 0 Å². The molecule has 1 saturated carbocycles. The highest BCUT2D eigenvalue weighted by atomic mass is 16.3. The molecule has 0 aromatic carbocycles. The summed E-state index contributed by atoms with van der Waals surface area (Å²) in [4.78, 5) is 6.53. The number of hydrogen-bond acceptors (Lipinski definition) is 4. The second kappa shape index (κ2) is 5.82. The Morgan fingerprint density at radius 1 is 1.23 bits per heavy atom. The number of aliphatic hydroxyl groups excluding tert-OH is 1. The molecule has 1 fully saturated rings. The molecule has 5 heteroatoms. The Hall–Kier alpha value is -1.72. The largest absolute Gasteiger partial charge is 0.386 e. The first-order valence-corrected chi connectivity index (χ1v) is 8.15. The maximum atomic E-state index is 10.3. The van der Waals surface area contributed by atoms with E-state index in [2.05, 4.69) is 37.9 Å². The van der Waals surface area contributed by atoms with Gasteiger partial charge in [0.2, 0.25) is 0 Å². The maximum Gasteiger partial charge on any atom is 0.101 e. The van der Waals surface area contributed by atoms with Gasteiger partial charge in [0.25, 0.3) is 0 Å². The fourth-order valence-corrected chi connectivity index (χ4v) is 3.23. The second-order valence-corrected chi connectivity index (χ2v) is 6.49. The van der Waals surface area contributed by atoms with Crippen LogP contribution in [0.2, 0.25) is 0 Å². The molecule has 116 valence electrons. The average Bonchev–Trinajstić information content (AvgIpc) is 3.33. The van der Waals surface area contributed by atoms with Crippen molar-refractivity contribution in [2.24, 2.45) is 5.92 Å². The highest BCUT2D eigenvalue weighted by Gasteiger charge is 2.33. The number of aryl methyl sites for hydroxylation is 1. The summed E-state index contributed by atoms with van der Waals surface area (Å²) in [7, 11) is 0. The van der Waals surface area contributed by atoms with E-state index in [1.165, 1.54) is 11.3 Å². The molecule has 0 unspecified atom stereocenters. The van der Waals surface area contributed by atoms with Gasteiger partial charge in [0, 0.05) is 38.6 Å². The number of pyridine rings is 1. The first-order valence-electron chi connectivity index (χ1n) is 8.15. The van der Waals surface area contributed by atoms with Crippen LogP contribution in [-0.2, 0) is 19.6 Å². The summed E-state index contributed by atoms with van der Waals surface area (Å²) in [5, 5.41) is 14.9. The Kier molecular flexibility index (Phi) is 3.68. The monoisotopic (exact) mass is 298 g/mol. The van der Waals surface area contributed by atoms with Crippen LogP contribution in [-0.4, -0.2) is 31.3 Å². The fraction of sp³-hybridized carbons (Fsp3) is 0.529. The molecule has 0 spiro atoms. The molecule has 1 atom stereocenters. The van der Waals surface area contributed by atoms with Crippen LogP contribution in [0, 0.1) is 5.92 Å². The van der Waals surface area contributed by atoms with Gasteiger partial charge in [-0.2, -0.15) is 5.10 Å². The third-order valence-electron chi connectivity index (χ3n) is 4.64. The van der Waals surface area contributed by atoms with Crippen LogP contribution in [0.5, 0.6) is 0 Å². The van der Waals surface area contributed by atoms with E-state index in [1.807, 2.05) is 12.4 Å². The lowest BCUT2D eigenvalue weighted by Gasteiger charge is -2.19. The molecule has 2 aromatic heterocycles. The number of nitrogens with zero attached hydrogens (tertiary/aromatic N) is 4. The quantitative estimate of drug-likeness (QED) is 0.939. The van der Waals surface area contributed by atoms with E-state index >= 15 is 0 Å². The molecule has 0 bridgehead atoms. The zero-order valence-corrected chi connectivity index (χ0v) is 12.7. The summed E-state index contributed by atoms with van der Waals surface area (Å²) in [5.41, 5.74) is 3.38. The van der Waals surface area contributed by atoms with Gasteiger partial charge in [-0.3, -0.25) is 14.6 Å². The highest BCUT2D eigenvalue weighted by Crippen LogP contribution is 2.40. The first kappa shape index (κ1) is 13.9. The summed E-state index contributed by atoms with van der Waals surface area (Å²) < 4.78 is 2.09. The van der Waals surface area contributed by atoms with Gasteiger partial charge in [-0.25, -0.2) is 0 Å². The molecule has 1 aliphatic carbocycles. The Balaban J connectivity index is 1.50. The minimum atomic E-state index is -0.368. The molecule has 2 aliphatic rings.